The Morgan fingerprint density at radius 2 is 1.67 bits per heavy atom. The minimum Gasteiger partial charge on any atom is -0.486 e. The zero-order chi connectivity index (χ0) is 25.3. The van der Waals surface area contributed by atoms with E-state index in [9.17, 15) is 17.6 Å². The standard InChI is InChI=1S/C29H26F4N2O/c1-19(24-9-4-7-20-6-2-3-8-25(20)24)34-17-16-23-18-35(28-26(30)10-5-11-27(28)36-23)22-14-12-21(13-15-22)29(31,32)33/h2-15,19,23,34H,16-18H2,1H3. The smallest absolute Gasteiger partial charge is 0.416 e. The summed E-state index contributed by atoms with van der Waals surface area (Å²) in [4.78, 5) is 1.70. The molecule has 0 spiro atoms. The lowest BCUT2D eigenvalue weighted by molar-refractivity contribution is -0.137. The van der Waals surface area contributed by atoms with E-state index in [1.165, 1.54) is 34.5 Å². The summed E-state index contributed by atoms with van der Waals surface area (Å²) in [6.45, 7) is 3.09. The van der Waals surface area contributed by atoms with Crippen molar-refractivity contribution >= 4 is 22.1 Å². The summed E-state index contributed by atoms with van der Waals surface area (Å²) in [5, 5.41) is 5.94. The highest BCUT2D eigenvalue weighted by Gasteiger charge is 2.32. The van der Waals surface area contributed by atoms with Crippen LogP contribution in [0.25, 0.3) is 10.8 Å². The zero-order valence-electron chi connectivity index (χ0n) is 19.7. The molecule has 1 aliphatic rings. The number of nitrogens with zero attached hydrogens (tertiary/aromatic N) is 1. The molecule has 1 heterocycles. The summed E-state index contributed by atoms with van der Waals surface area (Å²) in [6.07, 6.45) is -4.06. The van der Waals surface area contributed by atoms with Crippen LogP contribution in [0.1, 0.15) is 30.5 Å². The van der Waals surface area contributed by atoms with Crippen LogP contribution in [0.15, 0.2) is 84.9 Å². The lowest BCUT2D eigenvalue weighted by atomic mass is 9.99. The Kier molecular flexibility index (Phi) is 6.58. The molecule has 0 saturated heterocycles. The molecular weight excluding hydrogens is 468 g/mol. The van der Waals surface area contributed by atoms with Crippen molar-refractivity contribution in [1.82, 2.24) is 5.32 Å². The Bertz CT molecular complexity index is 1350. The molecule has 3 nitrogen and oxygen atoms in total. The first-order valence-corrected chi connectivity index (χ1v) is 11.9. The van der Waals surface area contributed by atoms with Crippen LogP contribution in [-0.4, -0.2) is 19.2 Å². The first-order chi connectivity index (χ1) is 17.3. The number of benzene rings is 4. The van der Waals surface area contributed by atoms with Gasteiger partial charge in [0.1, 0.15) is 17.5 Å². The Hall–Kier alpha value is -3.58. The first kappa shape index (κ1) is 24.1. The van der Waals surface area contributed by atoms with E-state index in [1.54, 1.807) is 17.0 Å². The molecule has 0 amide bonds. The number of nitrogens with one attached hydrogen (secondary N) is 1. The number of para-hydroxylation sites is 1. The molecule has 186 valence electrons. The molecule has 1 aliphatic heterocycles. The van der Waals surface area contributed by atoms with E-state index in [0.717, 1.165) is 12.1 Å². The van der Waals surface area contributed by atoms with Gasteiger partial charge in [-0.15, -0.1) is 0 Å². The van der Waals surface area contributed by atoms with Gasteiger partial charge < -0.3 is 15.0 Å². The van der Waals surface area contributed by atoms with Crippen molar-refractivity contribution in [2.24, 2.45) is 0 Å². The Morgan fingerprint density at radius 1 is 0.944 bits per heavy atom. The molecule has 4 aromatic carbocycles. The van der Waals surface area contributed by atoms with Crippen LogP contribution in [0.5, 0.6) is 5.75 Å². The third-order valence-electron chi connectivity index (χ3n) is 6.61. The molecule has 0 saturated carbocycles. The second-order valence-corrected chi connectivity index (χ2v) is 9.01. The molecule has 36 heavy (non-hydrogen) atoms. The van der Waals surface area contributed by atoms with Crippen molar-refractivity contribution < 1.29 is 22.3 Å². The number of alkyl halides is 3. The molecule has 0 aliphatic carbocycles. The monoisotopic (exact) mass is 494 g/mol. The van der Waals surface area contributed by atoms with Crippen LogP contribution >= 0.6 is 0 Å². The topological polar surface area (TPSA) is 24.5 Å². The second-order valence-electron chi connectivity index (χ2n) is 9.01. The molecule has 2 atom stereocenters. The van der Waals surface area contributed by atoms with Gasteiger partial charge in [-0.3, -0.25) is 0 Å². The number of rotatable bonds is 6. The van der Waals surface area contributed by atoms with Crippen molar-refractivity contribution in [3.8, 4) is 5.75 Å². The fraction of sp³-hybridized carbons (Fsp3) is 0.241. The number of hydrogen-bond acceptors (Lipinski definition) is 3. The summed E-state index contributed by atoms with van der Waals surface area (Å²) >= 11 is 0. The summed E-state index contributed by atoms with van der Waals surface area (Å²) < 4.78 is 60.0. The van der Waals surface area contributed by atoms with Crippen LogP contribution in [0.3, 0.4) is 0 Å². The van der Waals surface area contributed by atoms with Crippen molar-refractivity contribution in [2.45, 2.75) is 31.7 Å². The average Bonchev–Trinajstić information content (AvgIpc) is 2.87. The fourth-order valence-electron chi connectivity index (χ4n) is 4.78. The van der Waals surface area contributed by atoms with Gasteiger partial charge in [0.15, 0.2) is 5.82 Å². The zero-order valence-corrected chi connectivity index (χ0v) is 19.7. The molecule has 5 rings (SSSR count). The van der Waals surface area contributed by atoms with Crippen LogP contribution in [-0.2, 0) is 6.18 Å². The van der Waals surface area contributed by atoms with Gasteiger partial charge in [-0.05, 0) is 72.6 Å². The molecule has 0 bridgehead atoms. The minimum absolute atomic E-state index is 0.107. The number of ether oxygens (including phenoxy) is 1. The molecular formula is C29H26F4N2O. The van der Waals surface area contributed by atoms with Gasteiger partial charge in [0.05, 0.1) is 12.1 Å². The maximum atomic E-state index is 14.8. The summed E-state index contributed by atoms with van der Waals surface area (Å²) in [5.41, 5.74) is 1.19. The third kappa shape index (κ3) is 4.88. The molecule has 1 N–H and O–H groups in total. The molecule has 0 fully saturated rings. The van der Waals surface area contributed by atoms with Gasteiger partial charge in [0.25, 0.3) is 0 Å². The average molecular weight is 495 g/mol. The normalized spacial score (nSPS) is 16.5. The molecule has 0 aromatic heterocycles. The second kappa shape index (κ2) is 9.82. The van der Waals surface area contributed by atoms with E-state index in [1.807, 2.05) is 18.2 Å². The van der Waals surface area contributed by atoms with Crippen LogP contribution in [0.2, 0.25) is 0 Å². The highest BCUT2D eigenvalue weighted by atomic mass is 19.4. The van der Waals surface area contributed by atoms with Gasteiger partial charge in [0.2, 0.25) is 0 Å². The Labute approximate surface area is 207 Å². The van der Waals surface area contributed by atoms with E-state index in [4.69, 9.17) is 4.74 Å². The van der Waals surface area contributed by atoms with Crippen molar-refractivity contribution in [3.63, 3.8) is 0 Å². The minimum atomic E-state index is -4.43. The van der Waals surface area contributed by atoms with E-state index >= 15 is 0 Å². The maximum Gasteiger partial charge on any atom is 0.416 e. The number of halogens is 4. The van der Waals surface area contributed by atoms with Crippen molar-refractivity contribution in [1.29, 1.82) is 0 Å². The molecule has 7 heteroatoms. The van der Waals surface area contributed by atoms with E-state index in [0.29, 0.717) is 30.9 Å². The number of hydrogen-bond donors (Lipinski definition) is 1. The van der Waals surface area contributed by atoms with Gasteiger partial charge in [-0.25, -0.2) is 4.39 Å². The Balaban J connectivity index is 1.31. The quantitative estimate of drug-likeness (QED) is 0.279. The molecule has 0 radical (unpaired) electrons. The van der Waals surface area contributed by atoms with Gasteiger partial charge in [0, 0.05) is 11.7 Å². The van der Waals surface area contributed by atoms with Gasteiger partial charge >= 0.3 is 6.18 Å². The highest BCUT2D eigenvalue weighted by Crippen LogP contribution is 2.41. The van der Waals surface area contributed by atoms with Gasteiger partial charge in [-0.2, -0.15) is 13.2 Å². The highest BCUT2D eigenvalue weighted by molar-refractivity contribution is 5.86. The first-order valence-electron chi connectivity index (χ1n) is 11.9. The maximum absolute atomic E-state index is 14.8. The van der Waals surface area contributed by atoms with E-state index in [-0.39, 0.29) is 17.8 Å². The number of anilines is 2. The van der Waals surface area contributed by atoms with Crippen LogP contribution < -0.4 is 15.0 Å². The summed E-state index contributed by atoms with van der Waals surface area (Å²) in [5.74, 6) is -0.0956. The van der Waals surface area contributed by atoms with Crippen molar-refractivity contribution in [2.75, 3.05) is 18.0 Å². The van der Waals surface area contributed by atoms with Crippen LogP contribution in [0.4, 0.5) is 28.9 Å². The predicted octanol–water partition coefficient (Wildman–Crippen LogP) is 7.64. The van der Waals surface area contributed by atoms with Gasteiger partial charge in [-0.1, -0.05) is 48.5 Å². The summed E-state index contributed by atoms with van der Waals surface area (Å²) in [7, 11) is 0. The lowest BCUT2D eigenvalue weighted by Crippen LogP contribution is -2.39. The molecule has 2 unspecified atom stereocenters. The summed E-state index contributed by atoms with van der Waals surface area (Å²) in [6, 6.07) is 24.0. The SMILES string of the molecule is CC(NCCC1CN(c2ccc(C(F)(F)F)cc2)c2c(F)cccc2O1)c1cccc2ccccc12. The van der Waals surface area contributed by atoms with Crippen molar-refractivity contribution in [3.05, 3.63) is 102 Å². The fourth-order valence-corrected chi connectivity index (χ4v) is 4.78. The number of fused-ring (bicyclic) bond motifs is 2. The Morgan fingerprint density at radius 3 is 2.44 bits per heavy atom. The van der Waals surface area contributed by atoms with Crippen LogP contribution in [0, 0.1) is 5.82 Å². The van der Waals surface area contributed by atoms with E-state index in [2.05, 4.69) is 36.5 Å². The predicted molar refractivity (Wildman–Crippen MR) is 134 cm³/mol. The molecule has 4 aromatic rings. The lowest BCUT2D eigenvalue weighted by Gasteiger charge is -2.37. The third-order valence-corrected chi connectivity index (χ3v) is 6.61. The van der Waals surface area contributed by atoms with E-state index < -0.39 is 17.6 Å². The largest absolute Gasteiger partial charge is 0.486 e.